The van der Waals surface area contributed by atoms with Crippen LogP contribution in [0.3, 0.4) is 0 Å². The Labute approximate surface area is 252 Å². The zero-order chi connectivity index (χ0) is 28.2. The van der Waals surface area contributed by atoms with Gasteiger partial charge >= 0.3 is 0 Å². The third-order valence-electron chi connectivity index (χ3n) is 9.87. The van der Waals surface area contributed by atoms with Gasteiger partial charge in [-0.2, -0.15) is 0 Å². The summed E-state index contributed by atoms with van der Waals surface area (Å²) in [5.74, 6) is 2.23. The minimum absolute atomic E-state index is 0. The van der Waals surface area contributed by atoms with Gasteiger partial charge in [0, 0.05) is 35.9 Å². The summed E-state index contributed by atoms with van der Waals surface area (Å²) < 4.78 is 6.52. The summed E-state index contributed by atoms with van der Waals surface area (Å²) in [5.41, 5.74) is 6.31. The van der Waals surface area contributed by atoms with E-state index in [1.54, 1.807) is 7.11 Å². The van der Waals surface area contributed by atoms with Gasteiger partial charge in [-0.1, -0.05) is 54.5 Å². The first-order valence-corrected chi connectivity index (χ1v) is 15.0. The van der Waals surface area contributed by atoms with Crippen molar-refractivity contribution in [1.82, 2.24) is 4.98 Å². The van der Waals surface area contributed by atoms with Crippen molar-refractivity contribution in [2.24, 2.45) is 11.8 Å². The number of ether oxygens (including phenoxy) is 1. The van der Waals surface area contributed by atoms with E-state index < -0.39 is 6.10 Å². The van der Waals surface area contributed by atoms with Crippen LogP contribution in [0.4, 0.5) is 0 Å². The van der Waals surface area contributed by atoms with Crippen LogP contribution in [0.25, 0.3) is 10.9 Å². The fourth-order valence-corrected chi connectivity index (χ4v) is 7.41. The number of hydrogen-bond donors (Lipinski definition) is 1. The number of hydrogen-bond acceptors (Lipinski definition) is 3. The van der Waals surface area contributed by atoms with Crippen molar-refractivity contribution in [2.45, 2.75) is 97.2 Å². The molecule has 0 spiro atoms. The fraction of sp³-hybridized carbons (Fsp3) is 0.571. The molecule has 3 saturated heterocycles. The van der Waals surface area contributed by atoms with Crippen molar-refractivity contribution in [3.05, 3.63) is 70.9 Å². The molecule has 1 N–H and O–H groups in total. The number of aliphatic hydroxyl groups excluding tert-OH is 1. The first-order chi connectivity index (χ1) is 18.3. The monoisotopic (exact) mass is 608 g/mol. The maximum atomic E-state index is 12.2. The normalized spacial score (nSPS) is 25.5. The standard InChI is InChI=1S/C35H49N2O2.BrH/c1-9-24-22-37(21-23-16-26(34(2,3)4)19-27(17-23)35(5,6)7)15-13-25(24)18-32(37)33(38)29-12-14-36-31-11-10-28(39-8)20-30(29)31;/h10-12,14,16-17,19-20,24-25,32-33,38H,9,13,15,18,21-22H2,1-8H3;1H/q+1;/p-1/t24-,25-,32+,33-,37?;/m0./s1. The van der Waals surface area contributed by atoms with Gasteiger partial charge in [-0.25, -0.2) is 0 Å². The van der Waals surface area contributed by atoms with Crippen molar-refractivity contribution in [3.8, 4) is 5.75 Å². The number of nitrogens with zero attached hydrogens (tertiary/aromatic N) is 2. The summed E-state index contributed by atoms with van der Waals surface area (Å²) in [5, 5.41) is 13.2. The minimum Gasteiger partial charge on any atom is -1.00 e. The highest BCUT2D eigenvalue weighted by Crippen LogP contribution is 2.49. The van der Waals surface area contributed by atoms with E-state index in [2.05, 4.69) is 71.6 Å². The molecule has 1 aromatic heterocycles. The zero-order valence-electron chi connectivity index (χ0n) is 25.8. The van der Waals surface area contributed by atoms with Crippen molar-refractivity contribution in [1.29, 1.82) is 0 Å². The molecule has 1 unspecified atom stereocenters. The molecule has 0 saturated carbocycles. The van der Waals surface area contributed by atoms with E-state index in [1.165, 1.54) is 29.5 Å². The number of aromatic nitrogens is 1. The SMILES string of the molecule is CC[C@H]1C[N+]2(Cc3cc(C(C)(C)C)cc(C(C)(C)C)c3)CC[C@H]1C[C@@H]2[C@@H](O)c1ccnc2ccc(OC)cc12.[Br-]. The molecule has 6 rings (SSSR count). The number of methoxy groups -OCH3 is 1. The second-order valence-electron chi connectivity index (χ2n) is 14.4. The van der Waals surface area contributed by atoms with E-state index in [0.29, 0.717) is 5.92 Å². The molecule has 2 aromatic carbocycles. The molecule has 3 aliphatic heterocycles. The van der Waals surface area contributed by atoms with Crippen molar-refractivity contribution in [2.75, 3.05) is 20.2 Å². The van der Waals surface area contributed by atoms with Crippen LogP contribution in [0.5, 0.6) is 5.75 Å². The number of benzene rings is 2. The molecule has 2 bridgehead atoms. The number of aliphatic hydroxyl groups is 1. The zero-order valence-corrected chi connectivity index (χ0v) is 27.4. The molecule has 3 aromatic rings. The Morgan fingerprint density at radius 1 is 1.00 bits per heavy atom. The molecule has 0 aliphatic carbocycles. The Bertz CT molecular complexity index is 1310. The lowest BCUT2D eigenvalue weighted by molar-refractivity contribution is -0.985. The van der Waals surface area contributed by atoms with Crippen LogP contribution in [0.1, 0.15) is 96.1 Å². The van der Waals surface area contributed by atoms with Gasteiger partial charge in [-0.05, 0) is 76.3 Å². The Morgan fingerprint density at radius 3 is 2.27 bits per heavy atom. The highest BCUT2D eigenvalue weighted by atomic mass is 79.9. The molecule has 3 aliphatic rings. The van der Waals surface area contributed by atoms with Crippen LogP contribution in [-0.4, -0.2) is 40.8 Å². The van der Waals surface area contributed by atoms with Crippen LogP contribution in [0, 0.1) is 11.8 Å². The highest BCUT2D eigenvalue weighted by molar-refractivity contribution is 5.83. The van der Waals surface area contributed by atoms with E-state index in [9.17, 15) is 5.11 Å². The van der Waals surface area contributed by atoms with Gasteiger partial charge in [0.1, 0.15) is 24.4 Å². The molecule has 4 nitrogen and oxygen atoms in total. The first kappa shape index (κ1) is 31.0. The quantitative estimate of drug-likeness (QED) is 0.412. The Balaban J connectivity index is 0.00000370. The van der Waals surface area contributed by atoms with Gasteiger partial charge in [0.15, 0.2) is 0 Å². The third-order valence-corrected chi connectivity index (χ3v) is 9.87. The molecular weight excluding hydrogens is 560 g/mol. The number of quaternary nitrogens is 1. The lowest BCUT2D eigenvalue weighted by Gasteiger charge is -2.58. The number of halogens is 1. The van der Waals surface area contributed by atoms with Gasteiger partial charge in [-0.15, -0.1) is 0 Å². The van der Waals surface area contributed by atoms with Gasteiger partial charge in [0.05, 0.1) is 25.7 Å². The molecule has 0 amide bonds. The van der Waals surface area contributed by atoms with E-state index >= 15 is 0 Å². The molecule has 5 atom stereocenters. The van der Waals surface area contributed by atoms with Crippen molar-refractivity contribution < 1.29 is 31.3 Å². The third kappa shape index (κ3) is 5.84. The second kappa shape index (κ2) is 11.4. The summed E-state index contributed by atoms with van der Waals surface area (Å²) in [7, 11) is 1.70. The second-order valence-corrected chi connectivity index (χ2v) is 14.4. The summed E-state index contributed by atoms with van der Waals surface area (Å²) >= 11 is 0. The molecular formula is C35H49BrN2O2. The average molecular weight is 610 g/mol. The maximum absolute atomic E-state index is 12.2. The molecule has 3 fully saturated rings. The molecule has 4 heterocycles. The van der Waals surface area contributed by atoms with Gasteiger partial charge < -0.3 is 31.3 Å². The summed E-state index contributed by atoms with van der Waals surface area (Å²) in [4.78, 5) is 4.60. The predicted octanol–water partition coefficient (Wildman–Crippen LogP) is 4.71. The van der Waals surface area contributed by atoms with Crippen molar-refractivity contribution in [3.63, 3.8) is 0 Å². The summed E-state index contributed by atoms with van der Waals surface area (Å²) in [6.45, 7) is 19.5. The molecule has 0 radical (unpaired) electrons. The van der Waals surface area contributed by atoms with E-state index in [4.69, 9.17) is 4.74 Å². The number of pyridine rings is 1. The number of piperidine rings is 3. The molecule has 40 heavy (non-hydrogen) atoms. The van der Waals surface area contributed by atoms with Crippen LogP contribution < -0.4 is 21.7 Å². The van der Waals surface area contributed by atoms with Crippen molar-refractivity contribution >= 4 is 10.9 Å². The van der Waals surface area contributed by atoms with Crippen LogP contribution in [-0.2, 0) is 17.4 Å². The maximum Gasteiger partial charge on any atom is 0.131 e. The Hall–Kier alpha value is -1.95. The predicted molar refractivity (Wildman–Crippen MR) is 161 cm³/mol. The average Bonchev–Trinajstić information content (AvgIpc) is 2.90. The number of fused-ring (bicyclic) bond motifs is 4. The lowest BCUT2D eigenvalue weighted by atomic mass is 9.70. The fourth-order valence-electron chi connectivity index (χ4n) is 7.41. The van der Waals surface area contributed by atoms with Gasteiger partial charge in [0.25, 0.3) is 0 Å². The first-order valence-electron chi connectivity index (χ1n) is 15.0. The molecule has 218 valence electrons. The van der Waals surface area contributed by atoms with Crippen LogP contribution >= 0.6 is 0 Å². The van der Waals surface area contributed by atoms with Crippen LogP contribution in [0.15, 0.2) is 48.7 Å². The summed E-state index contributed by atoms with van der Waals surface area (Å²) in [6, 6.07) is 15.5. The topological polar surface area (TPSA) is 42.4 Å². The van der Waals surface area contributed by atoms with E-state index in [-0.39, 0.29) is 33.9 Å². The van der Waals surface area contributed by atoms with E-state index in [0.717, 1.165) is 58.7 Å². The lowest BCUT2D eigenvalue weighted by Crippen LogP contribution is -3.00. The van der Waals surface area contributed by atoms with Crippen LogP contribution in [0.2, 0.25) is 0 Å². The van der Waals surface area contributed by atoms with E-state index in [1.807, 2.05) is 30.5 Å². The minimum atomic E-state index is -0.545. The Morgan fingerprint density at radius 2 is 1.68 bits per heavy atom. The number of rotatable bonds is 6. The summed E-state index contributed by atoms with van der Waals surface area (Å²) in [6.07, 6.45) is 4.87. The van der Waals surface area contributed by atoms with Gasteiger partial charge in [-0.3, -0.25) is 4.98 Å². The largest absolute Gasteiger partial charge is 1.00 e. The van der Waals surface area contributed by atoms with Gasteiger partial charge in [0.2, 0.25) is 0 Å². The highest BCUT2D eigenvalue weighted by Gasteiger charge is 2.54. The molecule has 5 heteroatoms. The smallest absolute Gasteiger partial charge is 0.131 e. The Kier molecular flexibility index (Phi) is 8.82.